The van der Waals surface area contributed by atoms with Gasteiger partial charge in [0.2, 0.25) is 0 Å². The van der Waals surface area contributed by atoms with E-state index < -0.39 is 11.9 Å². The molecule has 6 nitrogen and oxygen atoms in total. The fraction of sp³-hybridized carbons (Fsp3) is 0.182. The van der Waals surface area contributed by atoms with Crippen molar-refractivity contribution in [3.05, 3.63) is 29.6 Å². The lowest BCUT2D eigenvalue weighted by molar-refractivity contribution is 0.0594. The maximum Gasteiger partial charge on any atom is 0.356 e. The fourth-order valence-corrected chi connectivity index (χ4v) is 1.53. The summed E-state index contributed by atoms with van der Waals surface area (Å²) in [6, 6.07) is 3.05. The van der Waals surface area contributed by atoms with Crippen molar-refractivity contribution >= 4 is 23.0 Å². The Hall–Kier alpha value is -2.37. The largest absolute Gasteiger partial charge is 0.465 e. The number of hydrogen-bond donors (Lipinski definition) is 1. The highest BCUT2D eigenvalue weighted by Crippen LogP contribution is 2.18. The molecule has 0 aliphatic rings. The zero-order valence-corrected chi connectivity index (χ0v) is 9.31. The summed E-state index contributed by atoms with van der Waals surface area (Å²) in [6.07, 6.45) is 1.63. The van der Waals surface area contributed by atoms with Crippen LogP contribution in [0.1, 0.15) is 20.8 Å². The normalized spacial score (nSPS) is 10.2. The van der Waals surface area contributed by atoms with Gasteiger partial charge in [-0.05, 0) is 12.1 Å². The van der Waals surface area contributed by atoms with Gasteiger partial charge >= 0.3 is 11.9 Å². The molecule has 0 aliphatic heterocycles. The monoisotopic (exact) mass is 234 g/mol. The van der Waals surface area contributed by atoms with Crippen molar-refractivity contribution < 1.29 is 19.1 Å². The second-order valence-electron chi connectivity index (χ2n) is 3.28. The van der Waals surface area contributed by atoms with E-state index in [1.165, 1.54) is 20.3 Å². The molecular formula is C11H10N2O4. The molecule has 2 heterocycles. The second-order valence-corrected chi connectivity index (χ2v) is 3.28. The number of hydrogen-bond acceptors (Lipinski definition) is 5. The Balaban J connectivity index is 2.66. The molecule has 0 saturated heterocycles. The summed E-state index contributed by atoms with van der Waals surface area (Å²) in [4.78, 5) is 29.8. The first-order valence-corrected chi connectivity index (χ1v) is 4.82. The third-order valence-corrected chi connectivity index (χ3v) is 2.33. The van der Waals surface area contributed by atoms with E-state index in [2.05, 4.69) is 19.4 Å². The van der Waals surface area contributed by atoms with Crippen LogP contribution in [0.25, 0.3) is 11.0 Å². The highest BCUT2D eigenvalue weighted by molar-refractivity contribution is 6.05. The van der Waals surface area contributed by atoms with E-state index in [1.54, 1.807) is 12.3 Å². The number of ether oxygens (including phenoxy) is 2. The van der Waals surface area contributed by atoms with Crippen molar-refractivity contribution in [1.82, 2.24) is 9.97 Å². The first-order chi connectivity index (χ1) is 8.17. The third kappa shape index (κ3) is 1.84. The predicted molar refractivity (Wildman–Crippen MR) is 58.8 cm³/mol. The first kappa shape index (κ1) is 11.1. The van der Waals surface area contributed by atoms with Crippen molar-refractivity contribution in [2.75, 3.05) is 14.2 Å². The molecule has 2 aromatic heterocycles. The minimum Gasteiger partial charge on any atom is -0.465 e. The van der Waals surface area contributed by atoms with Crippen LogP contribution in [0.4, 0.5) is 0 Å². The topological polar surface area (TPSA) is 81.3 Å². The van der Waals surface area contributed by atoms with Crippen molar-refractivity contribution in [2.45, 2.75) is 0 Å². The number of methoxy groups -OCH3 is 2. The van der Waals surface area contributed by atoms with Crippen LogP contribution >= 0.6 is 0 Å². The van der Waals surface area contributed by atoms with E-state index in [0.29, 0.717) is 11.0 Å². The van der Waals surface area contributed by atoms with E-state index in [0.717, 1.165) is 0 Å². The Morgan fingerprint density at radius 2 is 1.94 bits per heavy atom. The van der Waals surface area contributed by atoms with E-state index >= 15 is 0 Å². The number of rotatable bonds is 2. The molecule has 0 aliphatic carbocycles. The molecule has 0 unspecified atom stereocenters. The molecule has 1 N–H and O–H groups in total. The maximum atomic E-state index is 11.6. The number of aromatic amines is 1. The Morgan fingerprint density at radius 3 is 2.59 bits per heavy atom. The van der Waals surface area contributed by atoms with Gasteiger partial charge in [0.25, 0.3) is 0 Å². The highest BCUT2D eigenvalue weighted by Gasteiger charge is 2.17. The van der Waals surface area contributed by atoms with Crippen molar-refractivity contribution in [1.29, 1.82) is 0 Å². The molecule has 6 heteroatoms. The van der Waals surface area contributed by atoms with E-state index in [1.807, 2.05) is 0 Å². The first-order valence-electron chi connectivity index (χ1n) is 4.82. The number of carbonyl (C=O) groups is 2. The average molecular weight is 234 g/mol. The van der Waals surface area contributed by atoms with Gasteiger partial charge in [-0.25, -0.2) is 14.6 Å². The van der Waals surface area contributed by atoms with Gasteiger partial charge in [-0.2, -0.15) is 0 Å². The summed E-state index contributed by atoms with van der Waals surface area (Å²) in [5.74, 6) is -1.13. The van der Waals surface area contributed by atoms with Gasteiger partial charge in [0.1, 0.15) is 5.65 Å². The molecule has 0 radical (unpaired) electrons. The Bertz CT molecular complexity index is 588. The SMILES string of the molecule is COC(=O)c1cc(C(=O)OC)c2cc[nH]c2n1. The van der Waals surface area contributed by atoms with Gasteiger partial charge in [-0.15, -0.1) is 0 Å². The van der Waals surface area contributed by atoms with Crippen LogP contribution in [-0.4, -0.2) is 36.1 Å². The highest BCUT2D eigenvalue weighted by atomic mass is 16.5. The molecular weight excluding hydrogens is 224 g/mol. The number of aromatic nitrogens is 2. The molecule has 17 heavy (non-hydrogen) atoms. The van der Waals surface area contributed by atoms with Gasteiger partial charge in [0.15, 0.2) is 5.69 Å². The van der Waals surface area contributed by atoms with Crippen LogP contribution in [0.3, 0.4) is 0 Å². The summed E-state index contributed by atoms with van der Waals surface area (Å²) in [6.45, 7) is 0. The standard InChI is InChI=1S/C11H10N2O4/c1-16-10(14)7-5-8(11(15)17-2)13-9-6(7)3-4-12-9/h3-5H,1-2H3,(H,12,13). The Kier molecular flexibility index (Phi) is 2.78. The maximum absolute atomic E-state index is 11.6. The third-order valence-electron chi connectivity index (χ3n) is 2.33. The molecule has 0 bridgehead atoms. The summed E-state index contributed by atoms with van der Waals surface area (Å²) in [5, 5.41) is 0.601. The zero-order valence-electron chi connectivity index (χ0n) is 9.31. The predicted octanol–water partition coefficient (Wildman–Crippen LogP) is 1.14. The molecule has 88 valence electrons. The second kappa shape index (κ2) is 4.25. The van der Waals surface area contributed by atoms with Crippen molar-refractivity contribution in [3.63, 3.8) is 0 Å². The molecule has 0 aromatic carbocycles. The minimum atomic E-state index is -0.605. The fourth-order valence-electron chi connectivity index (χ4n) is 1.53. The quantitative estimate of drug-likeness (QED) is 0.788. The van der Waals surface area contributed by atoms with Crippen molar-refractivity contribution in [3.8, 4) is 0 Å². The number of fused-ring (bicyclic) bond motifs is 1. The summed E-state index contributed by atoms with van der Waals surface area (Å²) < 4.78 is 9.21. The lowest BCUT2D eigenvalue weighted by Gasteiger charge is -2.04. The Labute approximate surface area is 96.6 Å². The molecule has 2 rings (SSSR count). The van der Waals surface area contributed by atoms with Gasteiger partial charge in [-0.3, -0.25) is 0 Å². The van der Waals surface area contributed by atoms with Gasteiger partial charge in [-0.1, -0.05) is 0 Å². The van der Waals surface area contributed by atoms with E-state index in [9.17, 15) is 9.59 Å². The van der Waals surface area contributed by atoms with Gasteiger partial charge < -0.3 is 14.5 Å². The van der Waals surface area contributed by atoms with Crippen LogP contribution < -0.4 is 0 Å². The van der Waals surface area contributed by atoms with E-state index in [4.69, 9.17) is 0 Å². The van der Waals surface area contributed by atoms with Gasteiger partial charge in [0.05, 0.1) is 19.8 Å². The number of H-pyrrole nitrogens is 1. The van der Waals surface area contributed by atoms with Crippen LogP contribution in [0.2, 0.25) is 0 Å². The molecule has 0 saturated carbocycles. The van der Waals surface area contributed by atoms with Crippen LogP contribution in [0, 0.1) is 0 Å². The summed E-state index contributed by atoms with van der Waals surface area (Å²) in [5.41, 5.74) is 0.773. The number of nitrogens with one attached hydrogen (secondary N) is 1. The van der Waals surface area contributed by atoms with Crippen molar-refractivity contribution in [2.24, 2.45) is 0 Å². The zero-order chi connectivity index (χ0) is 12.4. The summed E-state index contributed by atoms with van der Waals surface area (Å²) >= 11 is 0. The molecule has 2 aromatic rings. The molecule has 0 amide bonds. The van der Waals surface area contributed by atoms with Crippen LogP contribution in [0.5, 0.6) is 0 Å². The number of carbonyl (C=O) groups excluding carboxylic acids is 2. The lowest BCUT2D eigenvalue weighted by Crippen LogP contribution is -2.09. The van der Waals surface area contributed by atoms with Crippen LogP contribution in [0.15, 0.2) is 18.3 Å². The number of pyridine rings is 1. The minimum absolute atomic E-state index is 0.0582. The lowest BCUT2D eigenvalue weighted by atomic mass is 10.1. The van der Waals surface area contributed by atoms with Crippen LogP contribution in [-0.2, 0) is 9.47 Å². The Morgan fingerprint density at radius 1 is 1.24 bits per heavy atom. The molecule has 0 spiro atoms. The summed E-state index contributed by atoms with van der Waals surface area (Å²) in [7, 11) is 2.53. The van der Waals surface area contributed by atoms with Gasteiger partial charge in [0, 0.05) is 11.6 Å². The molecule has 0 fully saturated rings. The average Bonchev–Trinajstić information content (AvgIpc) is 2.83. The number of nitrogens with zero attached hydrogens (tertiary/aromatic N) is 1. The number of esters is 2. The van der Waals surface area contributed by atoms with E-state index in [-0.39, 0.29) is 11.3 Å². The smallest absolute Gasteiger partial charge is 0.356 e. The molecule has 0 atom stereocenters.